The number of rotatable bonds is 3. The molecule has 1 aliphatic heterocycles. The topological polar surface area (TPSA) is 34.2 Å². The molecule has 2 rings (SSSR count). The molecule has 0 spiro atoms. The van der Waals surface area contributed by atoms with E-state index >= 15 is 0 Å². The van der Waals surface area contributed by atoms with Gasteiger partial charge in [0.2, 0.25) is 0 Å². The third-order valence-electron chi connectivity index (χ3n) is 3.39. The highest BCUT2D eigenvalue weighted by molar-refractivity contribution is 5.42. The van der Waals surface area contributed by atoms with E-state index in [0.29, 0.717) is 5.41 Å². The van der Waals surface area contributed by atoms with E-state index in [2.05, 4.69) is 30.2 Å². The summed E-state index contributed by atoms with van der Waals surface area (Å²) in [4.78, 5) is 4.35. The highest BCUT2D eigenvalue weighted by atomic mass is 16.5. The van der Waals surface area contributed by atoms with Gasteiger partial charge in [-0.2, -0.15) is 0 Å². The molecule has 1 aromatic heterocycles. The van der Waals surface area contributed by atoms with Gasteiger partial charge in [0.05, 0.1) is 0 Å². The SMILES string of the molecule is Cc1cccnc1NCC1(C)CCOCC1. The summed E-state index contributed by atoms with van der Waals surface area (Å²) in [6.45, 7) is 7.16. The monoisotopic (exact) mass is 220 g/mol. The Bertz CT molecular complexity index is 346. The third-order valence-corrected chi connectivity index (χ3v) is 3.39. The number of nitrogens with one attached hydrogen (secondary N) is 1. The smallest absolute Gasteiger partial charge is 0.128 e. The summed E-state index contributed by atoms with van der Waals surface area (Å²) in [5.41, 5.74) is 1.56. The molecule has 0 unspecified atom stereocenters. The standard InChI is InChI=1S/C13H20N2O/c1-11-4-3-7-14-12(11)15-10-13(2)5-8-16-9-6-13/h3-4,7H,5-6,8-10H2,1-2H3,(H,14,15). The summed E-state index contributed by atoms with van der Waals surface area (Å²) >= 11 is 0. The Hall–Kier alpha value is -1.09. The van der Waals surface area contributed by atoms with Crippen LogP contribution in [-0.4, -0.2) is 24.7 Å². The average Bonchev–Trinajstić information content (AvgIpc) is 2.29. The van der Waals surface area contributed by atoms with Crippen molar-refractivity contribution in [3.63, 3.8) is 0 Å². The van der Waals surface area contributed by atoms with E-state index in [0.717, 1.165) is 38.4 Å². The van der Waals surface area contributed by atoms with Gasteiger partial charge in [-0.05, 0) is 36.8 Å². The maximum Gasteiger partial charge on any atom is 0.128 e. The molecule has 0 aromatic carbocycles. The zero-order chi connectivity index (χ0) is 11.4. The lowest BCUT2D eigenvalue weighted by Gasteiger charge is -2.33. The first kappa shape index (κ1) is 11.4. The quantitative estimate of drug-likeness (QED) is 0.850. The zero-order valence-corrected chi connectivity index (χ0v) is 10.1. The molecule has 1 saturated heterocycles. The Morgan fingerprint density at radius 3 is 2.88 bits per heavy atom. The van der Waals surface area contributed by atoms with Crippen LogP contribution in [0.4, 0.5) is 5.82 Å². The predicted molar refractivity (Wildman–Crippen MR) is 65.6 cm³/mol. The first-order valence-electron chi connectivity index (χ1n) is 5.93. The molecule has 0 bridgehead atoms. The lowest BCUT2D eigenvalue weighted by Crippen LogP contribution is -2.33. The summed E-state index contributed by atoms with van der Waals surface area (Å²) in [6, 6.07) is 4.05. The number of anilines is 1. The van der Waals surface area contributed by atoms with Crippen LogP contribution in [0.25, 0.3) is 0 Å². The maximum atomic E-state index is 5.40. The van der Waals surface area contributed by atoms with Crippen molar-refractivity contribution in [1.29, 1.82) is 0 Å². The highest BCUT2D eigenvalue weighted by Crippen LogP contribution is 2.29. The minimum Gasteiger partial charge on any atom is -0.381 e. The Morgan fingerprint density at radius 2 is 2.19 bits per heavy atom. The van der Waals surface area contributed by atoms with E-state index in [1.54, 1.807) is 0 Å². The molecule has 0 aliphatic carbocycles. The van der Waals surface area contributed by atoms with Crippen molar-refractivity contribution < 1.29 is 4.74 Å². The van der Waals surface area contributed by atoms with Crippen LogP contribution in [0, 0.1) is 12.3 Å². The molecular weight excluding hydrogens is 200 g/mol. The Morgan fingerprint density at radius 1 is 1.44 bits per heavy atom. The summed E-state index contributed by atoms with van der Waals surface area (Å²) in [7, 11) is 0. The number of aryl methyl sites for hydroxylation is 1. The predicted octanol–water partition coefficient (Wildman–Crippen LogP) is 2.62. The molecule has 0 amide bonds. The van der Waals surface area contributed by atoms with Crippen LogP contribution in [0.5, 0.6) is 0 Å². The van der Waals surface area contributed by atoms with E-state index in [-0.39, 0.29) is 0 Å². The van der Waals surface area contributed by atoms with Gasteiger partial charge in [-0.1, -0.05) is 13.0 Å². The second kappa shape index (κ2) is 4.83. The second-order valence-corrected chi connectivity index (χ2v) is 4.95. The van der Waals surface area contributed by atoms with Crippen molar-refractivity contribution in [3.05, 3.63) is 23.9 Å². The van der Waals surface area contributed by atoms with Gasteiger partial charge in [-0.3, -0.25) is 0 Å². The van der Waals surface area contributed by atoms with Gasteiger partial charge in [-0.25, -0.2) is 4.98 Å². The normalized spacial score (nSPS) is 19.4. The van der Waals surface area contributed by atoms with Crippen LogP contribution in [0.1, 0.15) is 25.3 Å². The molecule has 88 valence electrons. The van der Waals surface area contributed by atoms with Crippen LogP contribution >= 0.6 is 0 Å². The second-order valence-electron chi connectivity index (χ2n) is 4.95. The lowest BCUT2D eigenvalue weighted by atomic mass is 9.82. The molecule has 3 heteroatoms. The zero-order valence-electron chi connectivity index (χ0n) is 10.1. The molecule has 1 aliphatic rings. The number of aromatic nitrogens is 1. The van der Waals surface area contributed by atoms with Crippen LogP contribution in [-0.2, 0) is 4.74 Å². The molecule has 16 heavy (non-hydrogen) atoms. The van der Waals surface area contributed by atoms with Gasteiger partial charge >= 0.3 is 0 Å². The van der Waals surface area contributed by atoms with E-state index in [4.69, 9.17) is 4.74 Å². The van der Waals surface area contributed by atoms with Gasteiger partial charge in [0.1, 0.15) is 5.82 Å². The Kier molecular flexibility index (Phi) is 3.44. The minimum absolute atomic E-state index is 0.349. The Labute approximate surface area is 97.2 Å². The van der Waals surface area contributed by atoms with Crippen molar-refractivity contribution in [2.45, 2.75) is 26.7 Å². The molecule has 1 fully saturated rings. The summed E-state index contributed by atoms with van der Waals surface area (Å²) < 4.78 is 5.40. The minimum atomic E-state index is 0.349. The van der Waals surface area contributed by atoms with Crippen LogP contribution in [0.15, 0.2) is 18.3 Å². The molecule has 0 atom stereocenters. The lowest BCUT2D eigenvalue weighted by molar-refractivity contribution is 0.0299. The van der Waals surface area contributed by atoms with Crippen molar-refractivity contribution >= 4 is 5.82 Å². The van der Waals surface area contributed by atoms with Gasteiger partial charge < -0.3 is 10.1 Å². The molecular formula is C13H20N2O. The third kappa shape index (κ3) is 2.73. The summed E-state index contributed by atoms with van der Waals surface area (Å²) in [6.07, 6.45) is 4.10. The van der Waals surface area contributed by atoms with E-state index in [9.17, 15) is 0 Å². The van der Waals surface area contributed by atoms with E-state index in [1.807, 2.05) is 12.3 Å². The van der Waals surface area contributed by atoms with Crippen molar-refractivity contribution in [2.75, 3.05) is 25.1 Å². The van der Waals surface area contributed by atoms with Crippen LogP contribution in [0.3, 0.4) is 0 Å². The number of nitrogens with zero attached hydrogens (tertiary/aromatic N) is 1. The van der Waals surface area contributed by atoms with Crippen LogP contribution in [0.2, 0.25) is 0 Å². The molecule has 2 heterocycles. The van der Waals surface area contributed by atoms with Gasteiger partial charge in [0.25, 0.3) is 0 Å². The first-order chi connectivity index (χ1) is 7.70. The molecule has 1 aromatic rings. The molecule has 0 radical (unpaired) electrons. The fourth-order valence-corrected chi connectivity index (χ4v) is 2.01. The number of hydrogen-bond acceptors (Lipinski definition) is 3. The van der Waals surface area contributed by atoms with Gasteiger partial charge in [0, 0.05) is 26.0 Å². The van der Waals surface area contributed by atoms with E-state index < -0.39 is 0 Å². The summed E-state index contributed by atoms with van der Waals surface area (Å²) in [5.74, 6) is 1.01. The van der Waals surface area contributed by atoms with Crippen LogP contribution < -0.4 is 5.32 Å². The van der Waals surface area contributed by atoms with Crippen molar-refractivity contribution in [1.82, 2.24) is 4.98 Å². The van der Waals surface area contributed by atoms with Gasteiger partial charge in [-0.15, -0.1) is 0 Å². The summed E-state index contributed by atoms with van der Waals surface area (Å²) in [5, 5.41) is 3.46. The number of hydrogen-bond donors (Lipinski definition) is 1. The first-order valence-corrected chi connectivity index (χ1v) is 5.93. The molecule has 3 nitrogen and oxygen atoms in total. The molecule has 0 saturated carbocycles. The maximum absolute atomic E-state index is 5.40. The van der Waals surface area contributed by atoms with E-state index in [1.165, 1.54) is 5.56 Å². The fourth-order valence-electron chi connectivity index (χ4n) is 2.01. The fraction of sp³-hybridized carbons (Fsp3) is 0.615. The Balaban J connectivity index is 1.94. The molecule has 1 N–H and O–H groups in total. The number of ether oxygens (including phenoxy) is 1. The average molecular weight is 220 g/mol. The highest BCUT2D eigenvalue weighted by Gasteiger charge is 2.27. The van der Waals surface area contributed by atoms with Gasteiger partial charge in [0.15, 0.2) is 0 Å². The number of pyridine rings is 1. The largest absolute Gasteiger partial charge is 0.381 e. The van der Waals surface area contributed by atoms with Crippen molar-refractivity contribution in [2.24, 2.45) is 5.41 Å². The van der Waals surface area contributed by atoms with Crippen molar-refractivity contribution in [3.8, 4) is 0 Å².